The highest BCUT2D eigenvalue weighted by molar-refractivity contribution is 6.31. The Morgan fingerprint density at radius 2 is 2.25 bits per heavy atom. The lowest BCUT2D eigenvalue weighted by atomic mass is 10.2. The fraction of sp³-hybridized carbons (Fsp3) is 0.400. The van der Waals surface area contributed by atoms with E-state index in [0.29, 0.717) is 11.6 Å². The van der Waals surface area contributed by atoms with Crippen molar-refractivity contribution in [3.05, 3.63) is 52.6 Å². The van der Waals surface area contributed by atoms with Crippen LogP contribution >= 0.6 is 11.6 Å². The fourth-order valence-electron chi connectivity index (χ4n) is 2.01. The minimum absolute atomic E-state index is 0.256. The van der Waals surface area contributed by atoms with E-state index < -0.39 is 0 Å². The van der Waals surface area contributed by atoms with Crippen molar-refractivity contribution in [2.24, 2.45) is 0 Å². The van der Waals surface area contributed by atoms with Gasteiger partial charge in [-0.3, -0.25) is 4.68 Å². The summed E-state index contributed by atoms with van der Waals surface area (Å²) in [6, 6.07) is 4.63. The van der Waals surface area contributed by atoms with E-state index in [2.05, 4.69) is 24.3 Å². The Bertz CT molecular complexity index is 568. The molecule has 1 aromatic carbocycles. The minimum Gasteiger partial charge on any atom is -0.310 e. The van der Waals surface area contributed by atoms with Gasteiger partial charge >= 0.3 is 0 Å². The summed E-state index contributed by atoms with van der Waals surface area (Å²) in [4.78, 5) is 0. The summed E-state index contributed by atoms with van der Waals surface area (Å²) in [7, 11) is 0. The van der Waals surface area contributed by atoms with Crippen molar-refractivity contribution in [3.8, 4) is 0 Å². The molecule has 1 unspecified atom stereocenters. The standard InChI is InChI=1S/C15H19ClFN3/c1-3-6-18-11(2)13-8-19-20(10-13)9-12-7-14(17)4-5-15(12)16/h4-5,7-8,10-11,18H,3,6,9H2,1-2H3. The van der Waals surface area contributed by atoms with E-state index in [1.54, 1.807) is 10.7 Å². The molecule has 0 fully saturated rings. The second kappa shape index (κ2) is 6.86. The van der Waals surface area contributed by atoms with Gasteiger partial charge in [0.1, 0.15) is 5.82 Å². The monoisotopic (exact) mass is 295 g/mol. The van der Waals surface area contributed by atoms with E-state index in [9.17, 15) is 4.39 Å². The van der Waals surface area contributed by atoms with Crippen LogP contribution in [0.3, 0.4) is 0 Å². The topological polar surface area (TPSA) is 29.9 Å². The van der Waals surface area contributed by atoms with E-state index in [0.717, 1.165) is 24.1 Å². The largest absolute Gasteiger partial charge is 0.310 e. The number of aromatic nitrogens is 2. The van der Waals surface area contributed by atoms with Crippen LogP contribution in [-0.4, -0.2) is 16.3 Å². The summed E-state index contributed by atoms with van der Waals surface area (Å²) >= 11 is 6.06. The molecule has 1 N–H and O–H groups in total. The Hall–Kier alpha value is -1.39. The summed E-state index contributed by atoms with van der Waals surface area (Å²) in [5, 5.41) is 8.27. The SMILES string of the molecule is CCCNC(C)c1cnn(Cc2cc(F)ccc2Cl)c1. The van der Waals surface area contributed by atoms with Gasteiger partial charge in [0.2, 0.25) is 0 Å². The Labute approximate surface area is 123 Å². The van der Waals surface area contributed by atoms with Crippen LogP contribution in [0.1, 0.15) is 37.4 Å². The molecule has 0 radical (unpaired) electrons. The Morgan fingerprint density at radius 3 is 3.00 bits per heavy atom. The number of hydrogen-bond donors (Lipinski definition) is 1. The molecule has 0 aliphatic heterocycles. The van der Waals surface area contributed by atoms with Crippen LogP contribution in [0.15, 0.2) is 30.6 Å². The van der Waals surface area contributed by atoms with Crippen molar-refractivity contribution in [1.29, 1.82) is 0 Å². The highest BCUT2D eigenvalue weighted by Gasteiger charge is 2.09. The predicted octanol–water partition coefficient (Wildman–Crippen LogP) is 3.78. The number of rotatable bonds is 6. The van der Waals surface area contributed by atoms with E-state index in [1.165, 1.54) is 12.1 Å². The average Bonchev–Trinajstić information content (AvgIpc) is 2.89. The van der Waals surface area contributed by atoms with Crippen molar-refractivity contribution in [1.82, 2.24) is 15.1 Å². The zero-order chi connectivity index (χ0) is 14.5. The molecule has 0 spiro atoms. The lowest BCUT2D eigenvalue weighted by Gasteiger charge is -2.10. The van der Waals surface area contributed by atoms with Gasteiger partial charge in [-0.05, 0) is 43.7 Å². The summed E-state index contributed by atoms with van der Waals surface area (Å²) in [5.41, 5.74) is 1.85. The minimum atomic E-state index is -0.283. The van der Waals surface area contributed by atoms with Crippen molar-refractivity contribution in [2.45, 2.75) is 32.9 Å². The maximum absolute atomic E-state index is 13.2. The molecule has 1 aromatic heterocycles. The van der Waals surface area contributed by atoms with Gasteiger partial charge in [-0.25, -0.2) is 4.39 Å². The van der Waals surface area contributed by atoms with Crippen molar-refractivity contribution < 1.29 is 4.39 Å². The molecule has 0 saturated carbocycles. The highest BCUT2D eigenvalue weighted by Crippen LogP contribution is 2.19. The van der Waals surface area contributed by atoms with Gasteiger partial charge < -0.3 is 5.32 Å². The van der Waals surface area contributed by atoms with Gasteiger partial charge in [0, 0.05) is 22.8 Å². The zero-order valence-corrected chi connectivity index (χ0v) is 12.5. The molecule has 3 nitrogen and oxygen atoms in total. The van der Waals surface area contributed by atoms with Crippen LogP contribution < -0.4 is 5.32 Å². The number of nitrogens with zero attached hydrogens (tertiary/aromatic N) is 2. The maximum atomic E-state index is 13.2. The van der Waals surface area contributed by atoms with Gasteiger partial charge in [-0.15, -0.1) is 0 Å². The predicted molar refractivity (Wildman–Crippen MR) is 79.4 cm³/mol. The van der Waals surface area contributed by atoms with Crippen LogP contribution in [0.2, 0.25) is 5.02 Å². The van der Waals surface area contributed by atoms with E-state index in [-0.39, 0.29) is 11.9 Å². The summed E-state index contributed by atoms with van der Waals surface area (Å²) in [5.74, 6) is -0.283. The second-order valence-corrected chi connectivity index (χ2v) is 5.29. The van der Waals surface area contributed by atoms with Crippen molar-refractivity contribution in [2.75, 3.05) is 6.54 Å². The van der Waals surface area contributed by atoms with Crippen LogP contribution in [0.5, 0.6) is 0 Å². The third-order valence-corrected chi connectivity index (χ3v) is 3.56. The maximum Gasteiger partial charge on any atom is 0.123 e. The fourth-order valence-corrected chi connectivity index (χ4v) is 2.18. The lowest BCUT2D eigenvalue weighted by molar-refractivity contribution is 0.569. The summed E-state index contributed by atoms with van der Waals surface area (Å²) in [6.07, 6.45) is 4.90. The van der Waals surface area contributed by atoms with E-state index in [1.807, 2.05) is 12.4 Å². The lowest BCUT2D eigenvalue weighted by Crippen LogP contribution is -2.18. The first-order valence-corrected chi connectivity index (χ1v) is 7.17. The third-order valence-electron chi connectivity index (χ3n) is 3.19. The second-order valence-electron chi connectivity index (χ2n) is 4.88. The van der Waals surface area contributed by atoms with Crippen molar-refractivity contribution >= 4 is 11.6 Å². The Morgan fingerprint density at radius 1 is 1.45 bits per heavy atom. The molecule has 0 aliphatic rings. The molecule has 0 bridgehead atoms. The van der Waals surface area contributed by atoms with Crippen LogP contribution in [0.4, 0.5) is 4.39 Å². The molecule has 1 heterocycles. The summed E-state index contributed by atoms with van der Waals surface area (Å²) < 4.78 is 15.0. The van der Waals surface area contributed by atoms with Crippen LogP contribution in [-0.2, 0) is 6.54 Å². The molecule has 5 heteroatoms. The molecule has 0 amide bonds. The van der Waals surface area contributed by atoms with Crippen molar-refractivity contribution in [3.63, 3.8) is 0 Å². The van der Waals surface area contributed by atoms with Crippen LogP contribution in [0.25, 0.3) is 0 Å². The zero-order valence-electron chi connectivity index (χ0n) is 11.7. The first-order chi connectivity index (χ1) is 9.60. The molecular weight excluding hydrogens is 277 g/mol. The molecule has 2 rings (SSSR count). The van der Waals surface area contributed by atoms with Crippen LogP contribution in [0, 0.1) is 5.82 Å². The molecule has 1 atom stereocenters. The molecule has 2 aromatic rings. The van der Waals surface area contributed by atoms with E-state index in [4.69, 9.17) is 11.6 Å². The van der Waals surface area contributed by atoms with Gasteiger partial charge in [-0.2, -0.15) is 5.10 Å². The van der Waals surface area contributed by atoms with E-state index >= 15 is 0 Å². The highest BCUT2D eigenvalue weighted by atomic mass is 35.5. The number of nitrogens with one attached hydrogen (secondary N) is 1. The number of hydrogen-bond acceptors (Lipinski definition) is 2. The van der Waals surface area contributed by atoms with Gasteiger partial charge in [-0.1, -0.05) is 18.5 Å². The molecule has 0 aliphatic carbocycles. The smallest absolute Gasteiger partial charge is 0.123 e. The number of halogens is 2. The average molecular weight is 296 g/mol. The third kappa shape index (κ3) is 3.81. The first kappa shape index (κ1) is 15.0. The van der Waals surface area contributed by atoms with Gasteiger partial charge in [0.25, 0.3) is 0 Å². The van der Waals surface area contributed by atoms with Gasteiger partial charge in [0.05, 0.1) is 12.7 Å². The quantitative estimate of drug-likeness (QED) is 0.879. The van der Waals surface area contributed by atoms with Gasteiger partial charge in [0.15, 0.2) is 0 Å². The molecule has 0 saturated heterocycles. The normalized spacial score (nSPS) is 12.6. The molecular formula is C15H19ClFN3. The Kier molecular flexibility index (Phi) is 5.15. The Balaban J connectivity index is 2.07. The molecule has 108 valence electrons. The number of benzene rings is 1. The summed E-state index contributed by atoms with van der Waals surface area (Å²) in [6.45, 7) is 5.68. The molecule has 20 heavy (non-hydrogen) atoms. The first-order valence-electron chi connectivity index (χ1n) is 6.79.